The van der Waals surface area contributed by atoms with Crippen molar-refractivity contribution in [2.24, 2.45) is 5.92 Å². The third-order valence-corrected chi connectivity index (χ3v) is 3.16. The summed E-state index contributed by atoms with van der Waals surface area (Å²) < 4.78 is 52.1. The lowest BCUT2D eigenvalue weighted by atomic mass is 10.1. The number of aromatic nitrogens is 1. The number of nitrogens with zero attached hydrogens (tertiary/aromatic N) is 1. The maximum Gasteiger partial charge on any atom is 0.253 e. The van der Waals surface area contributed by atoms with Crippen LogP contribution in [-0.4, -0.2) is 22.7 Å². The van der Waals surface area contributed by atoms with Crippen LogP contribution in [0.2, 0.25) is 0 Å². The maximum atomic E-state index is 13.2. The van der Waals surface area contributed by atoms with E-state index in [9.17, 15) is 22.7 Å². The molecule has 1 aliphatic carbocycles. The molecular formula is C11H12F4N2O. The lowest BCUT2D eigenvalue weighted by Crippen LogP contribution is -2.23. The third kappa shape index (κ3) is 2.40. The van der Waals surface area contributed by atoms with Crippen LogP contribution in [0.4, 0.5) is 23.2 Å². The van der Waals surface area contributed by atoms with Gasteiger partial charge in [0.2, 0.25) is 11.6 Å². The number of pyridine rings is 1. The second-order valence-corrected chi connectivity index (χ2v) is 4.34. The Kier molecular flexibility index (Phi) is 3.70. The van der Waals surface area contributed by atoms with Crippen molar-refractivity contribution in [3.05, 3.63) is 23.5 Å². The van der Waals surface area contributed by atoms with E-state index in [1.807, 2.05) is 0 Å². The van der Waals surface area contributed by atoms with Gasteiger partial charge in [-0.2, -0.15) is 22.5 Å². The van der Waals surface area contributed by atoms with E-state index < -0.39 is 35.3 Å². The van der Waals surface area contributed by atoms with E-state index in [1.165, 1.54) is 0 Å². The van der Waals surface area contributed by atoms with Crippen molar-refractivity contribution < 1.29 is 22.7 Å². The van der Waals surface area contributed by atoms with E-state index in [1.54, 1.807) is 0 Å². The van der Waals surface area contributed by atoms with Crippen molar-refractivity contribution in [1.29, 1.82) is 0 Å². The molecule has 0 bridgehead atoms. The average molecular weight is 264 g/mol. The monoisotopic (exact) mass is 264 g/mol. The number of hydrogen-bond acceptors (Lipinski definition) is 3. The molecule has 1 saturated carbocycles. The molecule has 2 unspecified atom stereocenters. The first-order chi connectivity index (χ1) is 8.50. The lowest BCUT2D eigenvalue weighted by molar-refractivity contribution is 0.138. The molecule has 1 heterocycles. The standard InChI is InChI=1S/C11H12F4N2O/c12-7-9(8(13)11(15)17-10(7)14)16-4-5-2-1-3-6(5)18/h5-6,18H,1-4H2,(H,16,17). The van der Waals surface area contributed by atoms with Crippen LogP contribution in [0.25, 0.3) is 0 Å². The summed E-state index contributed by atoms with van der Waals surface area (Å²) in [6.07, 6.45) is 1.58. The van der Waals surface area contributed by atoms with Crippen LogP contribution in [0.3, 0.4) is 0 Å². The second kappa shape index (κ2) is 5.09. The number of hydrogen-bond donors (Lipinski definition) is 2. The molecule has 0 saturated heterocycles. The van der Waals surface area contributed by atoms with Gasteiger partial charge in [-0.1, -0.05) is 6.42 Å². The highest BCUT2D eigenvalue weighted by molar-refractivity contribution is 5.45. The smallest absolute Gasteiger partial charge is 0.253 e. The minimum absolute atomic E-state index is 0.0535. The van der Waals surface area contributed by atoms with E-state index in [2.05, 4.69) is 10.3 Å². The fourth-order valence-electron chi connectivity index (χ4n) is 2.13. The van der Waals surface area contributed by atoms with E-state index in [4.69, 9.17) is 0 Å². The first kappa shape index (κ1) is 13.1. The summed E-state index contributed by atoms with van der Waals surface area (Å²) in [5, 5.41) is 11.8. The van der Waals surface area contributed by atoms with Gasteiger partial charge in [0.25, 0.3) is 11.9 Å². The van der Waals surface area contributed by atoms with Crippen molar-refractivity contribution in [3.63, 3.8) is 0 Å². The summed E-state index contributed by atoms with van der Waals surface area (Å²) >= 11 is 0. The number of halogens is 4. The molecule has 3 nitrogen and oxygen atoms in total. The predicted molar refractivity (Wildman–Crippen MR) is 55.9 cm³/mol. The van der Waals surface area contributed by atoms with Gasteiger partial charge in [0.15, 0.2) is 0 Å². The molecule has 2 rings (SSSR count). The molecular weight excluding hydrogens is 252 g/mol. The van der Waals surface area contributed by atoms with E-state index in [-0.39, 0.29) is 12.5 Å². The Hall–Kier alpha value is -1.37. The molecule has 0 aromatic carbocycles. The Morgan fingerprint density at radius 1 is 1.11 bits per heavy atom. The van der Waals surface area contributed by atoms with Gasteiger partial charge in [0, 0.05) is 12.5 Å². The highest BCUT2D eigenvalue weighted by atomic mass is 19.2. The SMILES string of the molecule is OC1CCCC1CNc1c(F)c(F)nc(F)c1F. The molecule has 18 heavy (non-hydrogen) atoms. The van der Waals surface area contributed by atoms with Crippen molar-refractivity contribution in [2.75, 3.05) is 11.9 Å². The normalized spacial score (nSPS) is 23.4. The molecule has 2 atom stereocenters. The summed E-state index contributed by atoms with van der Waals surface area (Å²) in [4.78, 5) is 2.46. The molecule has 0 radical (unpaired) electrons. The van der Waals surface area contributed by atoms with E-state index in [0.717, 1.165) is 6.42 Å². The molecule has 1 aromatic heterocycles. The number of rotatable bonds is 3. The van der Waals surface area contributed by atoms with Crippen LogP contribution in [0.5, 0.6) is 0 Å². The molecule has 100 valence electrons. The fourth-order valence-corrected chi connectivity index (χ4v) is 2.13. The molecule has 2 N–H and O–H groups in total. The highest BCUT2D eigenvalue weighted by Gasteiger charge is 2.27. The minimum Gasteiger partial charge on any atom is -0.393 e. The van der Waals surface area contributed by atoms with Gasteiger partial charge in [-0.15, -0.1) is 0 Å². The van der Waals surface area contributed by atoms with Gasteiger partial charge < -0.3 is 10.4 Å². The highest BCUT2D eigenvalue weighted by Crippen LogP contribution is 2.27. The van der Waals surface area contributed by atoms with Crippen LogP contribution >= 0.6 is 0 Å². The van der Waals surface area contributed by atoms with Gasteiger partial charge in [-0.25, -0.2) is 0 Å². The molecule has 0 amide bonds. The Balaban J connectivity index is 2.13. The molecule has 0 aliphatic heterocycles. The summed E-state index contributed by atoms with van der Waals surface area (Å²) in [7, 11) is 0. The first-order valence-corrected chi connectivity index (χ1v) is 5.62. The van der Waals surface area contributed by atoms with Gasteiger partial charge in [-0.05, 0) is 12.8 Å². The summed E-state index contributed by atoms with van der Waals surface area (Å²) in [6.45, 7) is 0.0535. The first-order valence-electron chi connectivity index (χ1n) is 5.62. The Morgan fingerprint density at radius 2 is 1.72 bits per heavy atom. The topological polar surface area (TPSA) is 45.1 Å². The zero-order valence-electron chi connectivity index (χ0n) is 9.39. The molecule has 1 aliphatic rings. The zero-order chi connectivity index (χ0) is 13.3. The fraction of sp³-hybridized carbons (Fsp3) is 0.545. The van der Waals surface area contributed by atoms with Gasteiger partial charge in [0.05, 0.1) is 6.10 Å². The zero-order valence-corrected chi connectivity index (χ0v) is 9.39. The lowest BCUT2D eigenvalue weighted by Gasteiger charge is -2.16. The van der Waals surface area contributed by atoms with Crippen molar-refractivity contribution >= 4 is 5.69 Å². The second-order valence-electron chi connectivity index (χ2n) is 4.34. The van der Waals surface area contributed by atoms with E-state index in [0.29, 0.717) is 12.8 Å². The van der Waals surface area contributed by atoms with Crippen LogP contribution < -0.4 is 5.32 Å². The molecule has 7 heteroatoms. The Bertz CT molecular complexity index is 429. The Labute approximate surface area is 101 Å². The third-order valence-electron chi connectivity index (χ3n) is 3.16. The quantitative estimate of drug-likeness (QED) is 0.650. The number of aliphatic hydroxyl groups is 1. The van der Waals surface area contributed by atoms with E-state index >= 15 is 0 Å². The van der Waals surface area contributed by atoms with Crippen molar-refractivity contribution in [2.45, 2.75) is 25.4 Å². The van der Waals surface area contributed by atoms with Crippen LogP contribution in [0, 0.1) is 29.4 Å². The average Bonchev–Trinajstić information content (AvgIpc) is 2.73. The van der Waals surface area contributed by atoms with Crippen LogP contribution in [0.15, 0.2) is 0 Å². The number of aliphatic hydroxyl groups excluding tert-OH is 1. The summed E-state index contributed by atoms with van der Waals surface area (Å²) in [5.41, 5.74) is -0.876. The number of nitrogens with one attached hydrogen (secondary N) is 1. The Morgan fingerprint density at radius 3 is 2.22 bits per heavy atom. The van der Waals surface area contributed by atoms with Crippen molar-refractivity contribution in [1.82, 2.24) is 4.98 Å². The van der Waals surface area contributed by atoms with Crippen LogP contribution in [-0.2, 0) is 0 Å². The minimum atomic E-state index is -1.69. The van der Waals surface area contributed by atoms with Gasteiger partial charge >= 0.3 is 0 Å². The van der Waals surface area contributed by atoms with Gasteiger partial charge in [0.1, 0.15) is 5.69 Å². The summed E-state index contributed by atoms with van der Waals surface area (Å²) in [5.74, 6) is -6.67. The molecule has 0 spiro atoms. The van der Waals surface area contributed by atoms with Crippen molar-refractivity contribution in [3.8, 4) is 0 Å². The van der Waals surface area contributed by atoms with Gasteiger partial charge in [-0.3, -0.25) is 0 Å². The maximum absolute atomic E-state index is 13.2. The van der Waals surface area contributed by atoms with Crippen LogP contribution in [0.1, 0.15) is 19.3 Å². The predicted octanol–water partition coefficient (Wildman–Crippen LogP) is 2.21. The largest absolute Gasteiger partial charge is 0.393 e. The number of anilines is 1. The summed E-state index contributed by atoms with van der Waals surface area (Å²) in [6, 6.07) is 0. The molecule has 1 aromatic rings. The molecule has 1 fully saturated rings.